The van der Waals surface area contributed by atoms with Crippen LogP contribution in [0.3, 0.4) is 0 Å². The van der Waals surface area contributed by atoms with Crippen LogP contribution >= 0.6 is 0 Å². The van der Waals surface area contributed by atoms with E-state index in [1.54, 1.807) is 4.74 Å². The molecule has 30 heavy (non-hydrogen) atoms. The third-order valence-corrected chi connectivity index (χ3v) is 5.72. The summed E-state index contributed by atoms with van der Waals surface area (Å²) in [5, 5.41) is 2.20. The van der Waals surface area contributed by atoms with E-state index in [9.17, 15) is 0 Å². The van der Waals surface area contributed by atoms with Crippen molar-refractivity contribution in [3.8, 4) is 16.9 Å². The van der Waals surface area contributed by atoms with Crippen LogP contribution in [0.1, 0.15) is 11.3 Å². The summed E-state index contributed by atoms with van der Waals surface area (Å²) in [5.41, 5.74) is 7.78. The van der Waals surface area contributed by atoms with Crippen molar-refractivity contribution >= 4 is 27.6 Å². The summed E-state index contributed by atoms with van der Waals surface area (Å²) in [6.45, 7) is 11.9. The van der Waals surface area contributed by atoms with E-state index in [-0.39, 0.29) is 0 Å². The van der Waals surface area contributed by atoms with Gasteiger partial charge in [-0.1, -0.05) is 24.3 Å². The van der Waals surface area contributed by atoms with Crippen LogP contribution in [-0.4, -0.2) is 0 Å². The van der Waals surface area contributed by atoms with E-state index in [0.717, 1.165) is 50.1 Å². The van der Waals surface area contributed by atoms with Gasteiger partial charge in [0.15, 0.2) is 18.4 Å². The molecule has 2 aromatic heterocycles. The number of aromatic nitrogens is 2. The van der Waals surface area contributed by atoms with Gasteiger partial charge in [-0.05, 0) is 42.0 Å². The van der Waals surface area contributed by atoms with Crippen LogP contribution in [0.25, 0.3) is 43.7 Å². The third-order valence-electron chi connectivity index (χ3n) is 5.72. The van der Waals surface area contributed by atoms with Crippen molar-refractivity contribution in [2.24, 2.45) is 7.05 Å². The number of para-hydroxylation sites is 2. The molecular weight excluding hydrogens is 370 g/mol. The molecule has 0 aliphatic carbocycles. The van der Waals surface area contributed by atoms with Crippen LogP contribution in [0.4, 0.5) is 5.69 Å². The first-order valence-electron chi connectivity index (χ1n) is 9.90. The smallest absolute Gasteiger partial charge is 0.238 e. The largest absolute Gasteiger partial charge is 0.268 e. The average molecular weight is 391 g/mol. The number of benzene rings is 3. The lowest BCUT2D eigenvalue weighted by atomic mass is 9.99. The van der Waals surface area contributed by atoms with Crippen molar-refractivity contribution in [3.63, 3.8) is 0 Å². The summed E-state index contributed by atoms with van der Waals surface area (Å²) in [6, 6.07) is 24.6. The van der Waals surface area contributed by atoms with Gasteiger partial charge in [-0.15, -0.1) is 0 Å². The van der Waals surface area contributed by atoms with Crippen LogP contribution in [0.2, 0.25) is 0 Å². The van der Waals surface area contributed by atoms with Crippen LogP contribution in [0.5, 0.6) is 0 Å². The van der Waals surface area contributed by atoms with Crippen LogP contribution < -0.4 is 9.31 Å². The van der Waals surface area contributed by atoms with Crippen molar-refractivity contribution in [2.75, 3.05) is 0 Å². The molecule has 0 amide bonds. The minimum Gasteiger partial charge on any atom is -0.238 e. The molecule has 5 aromatic rings. The van der Waals surface area contributed by atoms with Crippen molar-refractivity contribution in [3.05, 3.63) is 95.5 Å². The summed E-state index contributed by atoms with van der Waals surface area (Å²) in [7, 11) is 1.91. The third kappa shape index (κ3) is 2.67. The van der Waals surface area contributed by atoms with Gasteiger partial charge in [0.25, 0.3) is 5.69 Å². The second kappa shape index (κ2) is 6.82. The monoisotopic (exact) mass is 391 g/mol. The summed E-state index contributed by atoms with van der Waals surface area (Å²) < 4.78 is 9.99. The van der Waals surface area contributed by atoms with E-state index in [4.69, 9.17) is 11.1 Å². The Hall–Kier alpha value is -3.97. The first kappa shape index (κ1) is 18.1. The molecule has 144 valence electrons. The molecule has 0 aliphatic rings. The van der Waals surface area contributed by atoms with Crippen LogP contribution in [0.15, 0.2) is 77.3 Å². The predicted molar refractivity (Wildman–Crippen MR) is 118 cm³/mol. The number of hydrogen-bond acceptors (Lipinski definition) is 1. The molecule has 0 spiro atoms. The van der Waals surface area contributed by atoms with E-state index in [2.05, 4.69) is 59.7 Å². The van der Waals surface area contributed by atoms with Gasteiger partial charge in [0, 0.05) is 36.1 Å². The van der Waals surface area contributed by atoms with Gasteiger partial charge in [0.1, 0.15) is 5.39 Å². The Bertz CT molecular complexity index is 1490. The molecule has 0 saturated carbocycles. The Balaban J connectivity index is 1.89. The van der Waals surface area contributed by atoms with E-state index in [0.29, 0.717) is 5.69 Å². The molecule has 0 fully saturated rings. The minimum absolute atomic E-state index is 0.607. The standard InChI is InChI=1S/C26H21N3O/c1-17-13-14-19-9-5-7-11-23(19)29(17)24-16-20(27-3)15-22(18(24)2)26-21-10-6-8-12-25(21)30-28(26)4/h5-16H,1-2,4H3/q+2. The Morgan fingerprint density at radius 2 is 1.67 bits per heavy atom. The fourth-order valence-electron chi connectivity index (χ4n) is 4.27. The van der Waals surface area contributed by atoms with Gasteiger partial charge in [0.05, 0.1) is 12.1 Å². The first-order valence-corrected chi connectivity index (χ1v) is 9.90. The zero-order chi connectivity index (χ0) is 20.8. The molecule has 0 saturated heterocycles. The molecule has 3 aromatic carbocycles. The SMILES string of the molecule is [C-]#[N+]c1cc(-c2c3ccccc3o[n+]2C)c(C)c(-[n+]2c(C)ccc3ccccc32)c1. The highest BCUT2D eigenvalue weighted by molar-refractivity contribution is 5.92. The number of aryl methyl sites for hydroxylation is 2. The normalized spacial score (nSPS) is 11.1. The molecule has 4 nitrogen and oxygen atoms in total. The number of pyridine rings is 1. The minimum atomic E-state index is 0.607. The molecule has 0 aliphatic heterocycles. The van der Waals surface area contributed by atoms with E-state index >= 15 is 0 Å². The first-order chi connectivity index (χ1) is 14.6. The maximum Gasteiger partial charge on any atom is 0.268 e. The Labute approximate surface area is 175 Å². The second-order valence-corrected chi connectivity index (χ2v) is 7.55. The molecule has 0 bridgehead atoms. The molecule has 2 heterocycles. The van der Waals surface area contributed by atoms with Gasteiger partial charge < -0.3 is 0 Å². The molecule has 0 N–H and O–H groups in total. The maximum absolute atomic E-state index is 7.71. The highest BCUT2D eigenvalue weighted by atomic mass is 16.5. The molecule has 4 heteroatoms. The molecule has 5 rings (SSSR count). The van der Waals surface area contributed by atoms with Gasteiger partial charge in [0.2, 0.25) is 16.8 Å². The van der Waals surface area contributed by atoms with E-state index in [1.165, 1.54) is 0 Å². The molecule has 0 radical (unpaired) electrons. The highest BCUT2D eigenvalue weighted by Gasteiger charge is 2.28. The highest BCUT2D eigenvalue weighted by Crippen LogP contribution is 2.34. The zero-order valence-corrected chi connectivity index (χ0v) is 17.2. The van der Waals surface area contributed by atoms with Gasteiger partial charge in [-0.3, -0.25) is 0 Å². The molecule has 0 unspecified atom stereocenters. The second-order valence-electron chi connectivity index (χ2n) is 7.55. The fourth-order valence-corrected chi connectivity index (χ4v) is 4.27. The van der Waals surface area contributed by atoms with Crippen LogP contribution in [-0.2, 0) is 7.05 Å². The lowest BCUT2D eigenvalue weighted by Gasteiger charge is -2.10. The van der Waals surface area contributed by atoms with E-state index in [1.807, 2.05) is 43.4 Å². The number of fused-ring (bicyclic) bond motifs is 2. The summed E-state index contributed by atoms with van der Waals surface area (Å²) >= 11 is 0. The molecule has 0 atom stereocenters. The van der Waals surface area contributed by atoms with E-state index < -0.39 is 0 Å². The van der Waals surface area contributed by atoms with Crippen molar-refractivity contribution in [1.29, 1.82) is 0 Å². The summed E-state index contributed by atoms with van der Waals surface area (Å²) in [4.78, 5) is 3.78. The zero-order valence-electron chi connectivity index (χ0n) is 17.2. The lowest BCUT2D eigenvalue weighted by Crippen LogP contribution is -2.36. The lowest BCUT2D eigenvalue weighted by molar-refractivity contribution is -0.832. The fraction of sp³-hybridized carbons (Fsp3) is 0.115. The van der Waals surface area contributed by atoms with Gasteiger partial charge >= 0.3 is 0 Å². The summed E-state index contributed by atoms with van der Waals surface area (Å²) in [6.07, 6.45) is 0. The van der Waals surface area contributed by atoms with Crippen molar-refractivity contribution < 1.29 is 13.8 Å². The Morgan fingerprint density at radius 3 is 2.50 bits per heavy atom. The molecular formula is C26H21N3O+2. The topological polar surface area (TPSA) is 25.3 Å². The summed E-state index contributed by atoms with van der Waals surface area (Å²) in [5.74, 6) is 0. The Kier molecular flexibility index (Phi) is 4.11. The Morgan fingerprint density at radius 1 is 0.900 bits per heavy atom. The van der Waals surface area contributed by atoms with Crippen molar-refractivity contribution in [2.45, 2.75) is 13.8 Å². The van der Waals surface area contributed by atoms with Gasteiger partial charge in [-0.2, -0.15) is 4.57 Å². The quantitative estimate of drug-likeness (QED) is 0.287. The number of rotatable bonds is 2. The van der Waals surface area contributed by atoms with Crippen molar-refractivity contribution in [1.82, 2.24) is 0 Å². The van der Waals surface area contributed by atoms with Crippen LogP contribution in [0, 0.1) is 20.4 Å². The maximum atomic E-state index is 7.71. The number of hydrogen-bond donors (Lipinski definition) is 0. The predicted octanol–water partition coefficient (Wildman–Crippen LogP) is 5.52. The van der Waals surface area contributed by atoms with Gasteiger partial charge in [-0.25, -0.2) is 9.37 Å². The number of nitrogens with zero attached hydrogens (tertiary/aromatic N) is 3. The average Bonchev–Trinajstić information content (AvgIpc) is 3.10.